The second kappa shape index (κ2) is 7.34. The van der Waals surface area contributed by atoms with Crippen LogP contribution in [0.15, 0.2) is 24.3 Å². The maximum absolute atomic E-state index is 12.3. The van der Waals surface area contributed by atoms with Gasteiger partial charge in [0.1, 0.15) is 5.75 Å². The van der Waals surface area contributed by atoms with E-state index in [2.05, 4.69) is 13.8 Å². The predicted octanol–water partition coefficient (Wildman–Crippen LogP) is 3.99. The van der Waals surface area contributed by atoms with Crippen molar-refractivity contribution < 1.29 is 22.7 Å². The number of esters is 1. The summed E-state index contributed by atoms with van der Waals surface area (Å²) in [6.45, 7) is 3.79. The van der Waals surface area contributed by atoms with Crippen molar-refractivity contribution in [3.05, 3.63) is 29.8 Å². The number of hydrogen-bond donors (Lipinski definition) is 0. The zero-order valence-electron chi connectivity index (χ0n) is 13.4. The molecule has 3 nitrogen and oxygen atoms in total. The summed E-state index contributed by atoms with van der Waals surface area (Å²) in [5.41, 5.74) is 1.16. The first-order chi connectivity index (χ1) is 10.7. The van der Waals surface area contributed by atoms with E-state index in [-0.39, 0.29) is 25.0 Å². The molecule has 0 amide bonds. The van der Waals surface area contributed by atoms with Gasteiger partial charge < -0.3 is 4.74 Å². The number of benzene rings is 1. The van der Waals surface area contributed by atoms with Crippen LogP contribution >= 0.6 is 0 Å². The minimum Gasteiger partial charge on any atom is -0.426 e. The Morgan fingerprint density at radius 2 is 1.78 bits per heavy atom. The Hall–Kier alpha value is -1.56. The van der Waals surface area contributed by atoms with Crippen molar-refractivity contribution in [1.82, 2.24) is 4.90 Å². The van der Waals surface area contributed by atoms with Crippen LogP contribution in [0.3, 0.4) is 0 Å². The Morgan fingerprint density at radius 1 is 1.22 bits per heavy atom. The van der Waals surface area contributed by atoms with Crippen LogP contribution < -0.4 is 4.74 Å². The molecule has 1 saturated heterocycles. The van der Waals surface area contributed by atoms with Gasteiger partial charge in [0.25, 0.3) is 0 Å². The van der Waals surface area contributed by atoms with Crippen LogP contribution in [-0.4, -0.2) is 36.7 Å². The number of carbonyl (C=O) groups excluding carboxylic acids is 1. The lowest BCUT2D eigenvalue weighted by Gasteiger charge is -2.31. The number of halogens is 3. The molecule has 0 unspecified atom stereocenters. The SMILES string of the molecule is CC(C)c1ccc(OC(=O)C2CCN(CC(F)(F)F)CC2)cc1. The van der Waals surface area contributed by atoms with Gasteiger partial charge in [0.2, 0.25) is 0 Å². The molecule has 0 N–H and O–H groups in total. The number of carbonyl (C=O) groups is 1. The van der Waals surface area contributed by atoms with Gasteiger partial charge in [0, 0.05) is 0 Å². The van der Waals surface area contributed by atoms with E-state index < -0.39 is 12.7 Å². The molecule has 0 radical (unpaired) electrons. The molecule has 1 aliphatic rings. The third kappa shape index (κ3) is 5.53. The highest BCUT2D eigenvalue weighted by atomic mass is 19.4. The van der Waals surface area contributed by atoms with Gasteiger partial charge in [-0.25, -0.2) is 0 Å². The third-order valence-corrected chi connectivity index (χ3v) is 4.09. The molecule has 1 aliphatic heterocycles. The lowest BCUT2D eigenvalue weighted by atomic mass is 9.97. The molecule has 0 saturated carbocycles. The molecule has 6 heteroatoms. The van der Waals surface area contributed by atoms with Gasteiger partial charge in [-0.05, 0) is 49.5 Å². The molecular formula is C17H22F3NO2. The summed E-state index contributed by atoms with van der Waals surface area (Å²) < 4.78 is 42.4. The van der Waals surface area contributed by atoms with Gasteiger partial charge in [-0.1, -0.05) is 26.0 Å². The van der Waals surface area contributed by atoms with Gasteiger partial charge in [-0.3, -0.25) is 9.69 Å². The van der Waals surface area contributed by atoms with Crippen molar-refractivity contribution in [2.45, 2.75) is 38.8 Å². The smallest absolute Gasteiger partial charge is 0.401 e. The monoisotopic (exact) mass is 329 g/mol. The van der Waals surface area contributed by atoms with Crippen LogP contribution in [0.1, 0.15) is 38.2 Å². The Labute approximate surface area is 134 Å². The van der Waals surface area contributed by atoms with Crippen molar-refractivity contribution in [1.29, 1.82) is 0 Å². The molecule has 0 aromatic heterocycles. The highest BCUT2D eigenvalue weighted by Gasteiger charge is 2.34. The van der Waals surface area contributed by atoms with Crippen LogP contribution in [-0.2, 0) is 4.79 Å². The topological polar surface area (TPSA) is 29.5 Å². The number of nitrogens with zero attached hydrogens (tertiary/aromatic N) is 1. The van der Waals surface area contributed by atoms with Gasteiger partial charge in [0.05, 0.1) is 12.5 Å². The largest absolute Gasteiger partial charge is 0.426 e. The van der Waals surface area contributed by atoms with Crippen molar-refractivity contribution in [3.63, 3.8) is 0 Å². The maximum atomic E-state index is 12.3. The average molecular weight is 329 g/mol. The van der Waals surface area contributed by atoms with Crippen LogP contribution in [0.4, 0.5) is 13.2 Å². The maximum Gasteiger partial charge on any atom is 0.401 e. The van der Waals surface area contributed by atoms with Crippen molar-refractivity contribution in [2.75, 3.05) is 19.6 Å². The molecule has 1 aromatic rings. The normalized spacial score (nSPS) is 17.5. The molecule has 0 aliphatic carbocycles. The van der Waals surface area contributed by atoms with Gasteiger partial charge in [-0.2, -0.15) is 13.2 Å². The molecular weight excluding hydrogens is 307 g/mol. The second-order valence-electron chi connectivity index (χ2n) is 6.31. The standard InChI is InChI=1S/C17H22F3NO2/c1-12(2)13-3-5-15(6-4-13)23-16(22)14-7-9-21(10-8-14)11-17(18,19)20/h3-6,12,14H,7-11H2,1-2H3. The van der Waals surface area contributed by atoms with E-state index in [1.54, 1.807) is 12.1 Å². The number of likely N-dealkylation sites (tertiary alicyclic amines) is 1. The fourth-order valence-corrected chi connectivity index (χ4v) is 2.70. The zero-order valence-corrected chi connectivity index (χ0v) is 13.4. The van der Waals surface area contributed by atoms with E-state index in [0.717, 1.165) is 5.56 Å². The molecule has 1 aromatic carbocycles. The van der Waals surface area contributed by atoms with Gasteiger partial charge in [-0.15, -0.1) is 0 Å². The zero-order chi connectivity index (χ0) is 17.0. The van der Waals surface area contributed by atoms with Crippen molar-refractivity contribution in [2.24, 2.45) is 5.92 Å². The Kier molecular flexibility index (Phi) is 5.68. The van der Waals surface area contributed by atoms with E-state index in [4.69, 9.17) is 4.74 Å². The summed E-state index contributed by atoms with van der Waals surface area (Å²) in [5, 5.41) is 0. The lowest BCUT2D eigenvalue weighted by molar-refractivity contribution is -0.151. The van der Waals surface area contributed by atoms with E-state index in [1.807, 2.05) is 12.1 Å². The van der Waals surface area contributed by atoms with Gasteiger partial charge in [0.15, 0.2) is 0 Å². The van der Waals surface area contributed by atoms with Crippen molar-refractivity contribution in [3.8, 4) is 5.75 Å². The number of hydrogen-bond acceptors (Lipinski definition) is 3. The number of rotatable bonds is 4. The summed E-state index contributed by atoms with van der Waals surface area (Å²) in [7, 11) is 0. The number of alkyl halides is 3. The summed E-state index contributed by atoms with van der Waals surface area (Å²) in [4.78, 5) is 13.4. The minimum absolute atomic E-state index is 0.269. The second-order valence-corrected chi connectivity index (χ2v) is 6.31. The molecule has 23 heavy (non-hydrogen) atoms. The first kappa shape index (κ1) is 17.8. The number of ether oxygens (including phenoxy) is 1. The number of piperidine rings is 1. The molecule has 0 bridgehead atoms. The molecule has 1 heterocycles. The molecule has 2 rings (SSSR count). The van der Waals surface area contributed by atoms with Crippen LogP contribution in [0, 0.1) is 5.92 Å². The summed E-state index contributed by atoms with van der Waals surface area (Å²) in [5.74, 6) is 0.202. The average Bonchev–Trinajstić information content (AvgIpc) is 2.46. The van der Waals surface area contributed by atoms with Gasteiger partial charge >= 0.3 is 12.1 Å². The van der Waals surface area contributed by atoms with E-state index in [0.29, 0.717) is 24.5 Å². The first-order valence-electron chi connectivity index (χ1n) is 7.85. The van der Waals surface area contributed by atoms with Crippen molar-refractivity contribution >= 4 is 5.97 Å². The van der Waals surface area contributed by atoms with E-state index in [9.17, 15) is 18.0 Å². The van der Waals surface area contributed by atoms with E-state index >= 15 is 0 Å². The minimum atomic E-state index is -4.19. The Balaban J connectivity index is 1.83. The first-order valence-corrected chi connectivity index (χ1v) is 7.85. The Bertz CT molecular complexity index is 518. The molecule has 128 valence electrons. The summed E-state index contributed by atoms with van der Waals surface area (Å²) >= 11 is 0. The highest BCUT2D eigenvalue weighted by Crippen LogP contribution is 2.25. The summed E-state index contributed by atoms with van der Waals surface area (Å²) in [6, 6.07) is 7.34. The Morgan fingerprint density at radius 3 is 2.26 bits per heavy atom. The lowest BCUT2D eigenvalue weighted by Crippen LogP contribution is -2.42. The molecule has 0 atom stereocenters. The fourth-order valence-electron chi connectivity index (χ4n) is 2.70. The van der Waals surface area contributed by atoms with E-state index in [1.165, 1.54) is 4.90 Å². The van der Waals surface area contributed by atoms with Crippen LogP contribution in [0.25, 0.3) is 0 Å². The molecule has 0 spiro atoms. The fraction of sp³-hybridized carbons (Fsp3) is 0.588. The quantitative estimate of drug-likeness (QED) is 0.618. The van der Waals surface area contributed by atoms with Crippen LogP contribution in [0.2, 0.25) is 0 Å². The predicted molar refractivity (Wildman–Crippen MR) is 81.4 cm³/mol. The molecule has 1 fully saturated rings. The third-order valence-electron chi connectivity index (χ3n) is 4.09. The summed E-state index contributed by atoms with van der Waals surface area (Å²) in [6.07, 6.45) is -3.39. The highest BCUT2D eigenvalue weighted by molar-refractivity contribution is 5.75. The van der Waals surface area contributed by atoms with Crippen LogP contribution in [0.5, 0.6) is 5.75 Å².